The van der Waals surface area contributed by atoms with Gasteiger partial charge >= 0.3 is 0 Å². The Bertz CT molecular complexity index is 960. The van der Waals surface area contributed by atoms with E-state index in [0.29, 0.717) is 17.3 Å². The maximum Gasteiger partial charge on any atom is 0.266 e. The largest absolute Gasteiger partial charge is 0.274 e. The first-order valence-corrected chi connectivity index (χ1v) is 9.00. The molecule has 0 atom stereocenters. The molecule has 0 bridgehead atoms. The quantitative estimate of drug-likeness (QED) is 0.752. The van der Waals surface area contributed by atoms with Crippen molar-refractivity contribution in [3.8, 4) is 0 Å². The number of rotatable bonds is 5. The van der Waals surface area contributed by atoms with Crippen LogP contribution >= 0.6 is 11.6 Å². The average molecular weight is 366 g/mol. The molecule has 9 heteroatoms. The summed E-state index contributed by atoms with van der Waals surface area (Å²) < 4.78 is 30.4. The number of anilines is 1. The Balaban J connectivity index is 1.76. The van der Waals surface area contributed by atoms with Gasteiger partial charge in [0.25, 0.3) is 10.0 Å². The van der Waals surface area contributed by atoms with Crippen LogP contribution < -0.4 is 4.72 Å². The molecule has 0 aliphatic heterocycles. The molecule has 2 aromatic heterocycles. The maximum absolute atomic E-state index is 12.4. The minimum absolute atomic E-state index is 0.136. The summed E-state index contributed by atoms with van der Waals surface area (Å²) in [6, 6.07) is 9.00. The Hall–Kier alpha value is -2.32. The minimum atomic E-state index is -3.71. The molecule has 24 heavy (non-hydrogen) atoms. The predicted octanol–water partition coefficient (Wildman–Crippen LogP) is 2.43. The van der Waals surface area contributed by atoms with E-state index in [-0.39, 0.29) is 10.7 Å². The highest BCUT2D eigenvalue weighted by atomic mass is 35.5. The second-order valence-electron chi connectivity index (χ2n) is 5.38. The summed E-state index contributed by atoms with van der Waals surface area (Å²) in [7, 11) is -2.04. The zero-order valence-electron chi connectivity index (χ0n) is 13.1. The molecule has 1 N–H and O–H groups in total. The number of aryl methyl sites for hydroxylation is 2. The summed E-state index contributed by atoms with van der Waals surface area (Å²) in [5.74, 6) is 0.257. The molecule has 126 valence electrons. The highest BCUT2D eigenvalue weighted by Crippen LogP contribution is 2.17. The van der Waals surface area contributed by atoms with E-state index in [9.17, 15) is 8.42 Å². The normalized spacial score (nSPS) is 11.6. The standard InChI is InChI=1S/C15H16ClN5O2S/c1-11-14(10-20(2)17-11)24(22,23)19-15-7-8-21(18-15)9-12-3-5-13(16)6-4-12/h3-8,10H,9H2,1-2H3,(H,18,19). The summed E-state index contributed by atoms with van der Waals surface area (Å²) in [5, 5.41) is 8.96. The first-order chi connectivity index (χ1) is 11.3. The van der Waals surface area contributed by atoms with Crippen molar-refractivity contribution in [1.82, 2.24) is 19.6 Å². The molecule has 0 aliphatic rings. The van der Waals surface area contributed by atoms with Gasteiger partial charge in [-0.15, -0.1) is 0 Å². The van der Waals surface area contributed by atoms with Crippen molar-refractivity contribution >= 4 is 27.4 Å². The molecule has 0 unspecified atom stereocenters. The maximum atomic E-state index is 12.4. The topological polar surface area (TPSA) is 81.8 Å². The molecule has 7 nitrogen and oxygen atoms in total. The van der Waals surface area contributed by atoms with Crippen molar-refractivity contribution in [3.63, 3.8) is 0 Å². The Morgan fingerprint density at radius 3 is 2.50 bits per heavy atom. The molecule has 3 aromatic rings. The third-order valence-corrected chi connectivity index (χ3v) is 5.11. The van der Waals surface area contributed by atoms with E-state index in [1.165, 1.54) is 10.9 Å². The first-order valence-electron chi connectivity index (χ1n) is 7.14. The van der Waals surface area contributed by atoms with Crippen LogP contribution in [0, 0.1) is 6.92 Å². The van der Waals surface area contributed by atoms with E-state index in [1.54, 1.807) is 43.0 Å². The molecule has 0 aliphatic carbocycles. The fourth-order valence-electron chi connectivity index (χ4n) is 2.32. The molecule has 0 saturated carbocycles. The molecule has 3 rings (SSSR count). The Morgan fingerprint density at radius 1 is 1.17 bits per heavy atom. The van der Waals surface area contributed by atoms with Crippen molar-refractivity contribution in [2.75, 3.05) is 4.72 Å². The van der Waals surface area contributed by atoms with Gasteiger partial charge in [-0.1, -0.05) is 23.7 Å². The smallest absolute Gasteiger partial charge is 0.266 e. The van der Waals surface area contributed by atoms with Gasteiger partial charge in [0.2, 0.25) is 0 Å². The minimum Gasteiger partial charge on any atom is -0.274 e. The first kappa shape index (κ1) is 16.5. The lowest BCUT2D eigenvalue weighted by Gasteiger charge is -2.04. The molecular weight excluding hydrogens is 350 g/mol. The van der Waals surface area contributed by atoms with Gasteiger partial charge in [-0.05, 0) is 24.6 Å². The number of hydrogen-bond donors (Lipinski definition) is 1. The lowest BCUT2D eigenvalue weighted by atomic mass is 10.2. The van der Waals surface area contributed by atoms with E-state index in [1.807, 2.05) is 12.1 Å². The highest BCUT2D eigenvalue weighted by Gasteiger charge is 2.20. The number of sulfonamides is 1. The predicted molar refractivity (Wildman–Crippen MR) is 91.5 cm³/mol. The second kappa shape index (κ2) is 6.29. The number of aromatic nitrogens is 4. The van der Waals surface area contributed by atoms with Crippen molar-refractivity contribution in [1.29, 1.82) is 0 Å². The number of hydrogen-bond acceptors (Lipinski definition) is 4. The number of halogens is 1. The fourth-order valence-corrected chi connectivity index (χ4v) is 3.66. The van der Waals surface area contributed by atoms with Crippen LogP contribution in [0.25, 0.3) is 0 Å². The molecule has 0 radical (unpaired) electrons. The van der Waals surface area contributed by atoms with Gasteiger partial charge < -0.3 is 0 Å². The molecule has 0 amide bonds. The molecule has 0 saturated heterocycles. The lowest BCUT2D eigenvalue weighted by molar-refractivity contribution is 0.600. The van der Waals surface area contributed by atoms with Crippen LogP contribution in [0.5, 0.6) is 0 Å². The van der Waals surface area contributed by atoms with Crippen LogP contribution in [0.15, 0.2) is 47.6 Å². The average Bonchev–Trinajstić information content (AvgIpc) is 3.07. The second-order valence-corrected chi connectivity index (χ2v) is 7.47. The molecule has 0 fully saturated rings. The van der Waals surface area contributed by atoms with Gasteiger partial charge in [-0.2, -0.15) is 10.2 Å². The highest BCUT2D eigenvalue weighted by molar-refractivity contribution is 7.92. The Morgan fingerprint density at radius 2 is 1.88 bits per heavy atom. The zero-order chi connectivity index (χ0) is 17.3. The summed E-state index contributed by atoms with van der Waals surface area (Å²) in [5.41, 5.74) is 1.45. The molecule has 2 heterocycles. The monoisotopic (exact) mass is 365 g/mol. The van der Waals surface area contributed by atoms with Crippen molar-refractivity contribution < 1.29 is 8.42 Å². The third-order valence-electron chi connectivity index (χ3n) is 3.40. The SMILES string of the molecule is Cc1nn(C)cc1S(=O)(=O)Nc1ccn(Cc2ccc(Cl)cc2)n1. The zero-order valence-corrected chi connectivity index (χ0v) is 14.7. The fraction of sp³-hybridized carbons (Fsp3) is 0.200. The molecular formula is C15H16ClN5O2S. The summed E-state index contributed by atoms with van der Waals surface area (Å²) in [6.07, 6.45) is 3.17. The lowest BCUT2D eigenvalue weighted by Crippen LogP contribution is -2.14. The van der Waals surface area contributed by atoms with E-state index >= 15 is 0 Å². The molecule has 1 aromatic carbocycles. The van der Waals surface area contributed by atoms with Gasteiger partial charge in [-0.3, -0.25) is 14.1 Å². The van der Waals surface area contributed by atoms with Gasteiger partial charge in [0.1, 0.15) is 4.90 Å². The number of benzene rings is 1. The van der Waals surface area contributed by atoms with Crippen molar-refractivity contribution in [2.24, 2.45) is 7.05 Å². The Labute approximate surface area is 144 Å². The van der Waals surface area contributed by atoms with Gasteiger partial charge in [0.15, 0.2) is 5.82 Å². The van der Waals surface area contributed by atoms with E-state index in [4.69, 9.17) is 11.6 Å². The summed E-state index contributed by atoms with van der Waals surface area (Å²) >= 11 is 5.86. The van der Waals surface area contributed by atoms with E-state index in [0.717, 1.165) is 5.56 Å². The van der Waals surface area contributed by atoms with Gasteiger partial charge in [-0.25, -0.2) is 8.42 Å². The van der Waals surface area contributed by atoms with Crippen LogP contribution in [0.3, 0.4) is 0 Å². The number of nitrogens with one attached hydrogen (secondary N) is 1. The summed E-state index contributed by atoms with van der Waals surface area (Å²) in [4.78, 5) is 0.136. The van der Waals surface area contributed by atoms with Crippen molar-refractivity contribution in [3.05, 3.63) is 59.0 Å². The van der Waals surface area contributed by atoms with Crippen LogP contribution in [0.1, 0.15) is 11.3 Å². The van der Waals surface area contributed by atoms with E-state index < -0.39 is 10.0 Å². The van der Waals surface area contributed by atoms with Crippen molar-refractivity contribution in [2.45, 2.75) is 18.4 Å². The Kier molecular flexibility index (Phi) is 4.33. The van der Waals surface area contributed by atoms with E-state index in [2.05, 4.69) is 14.9 Å². The number of nitrogens with zero attached hydrogens (tertiary/aromatic N) is 4. The van der Waals surface area contributed by atoms with Crippen LogP contribution in [-0.2, 0) is 23.6 Å². The third kappa shape index (κ3) is 3.60. The summed E-state index contributed by atoms with van der Waals surface area (Å²) in [6.45, 7) is 2.17. The van der Waals surface area contributed by atoms with Crippen LogP contribution in [-0.4, -0.2) is 28.0 Å². The van der Waals surface area contributed by atoms with Gasteiger partial charge in [0.05, 0.1) is 12.2 Å². The molecule has 0 spiro atoms. The van der Waals surface area contributed by atoms with Gasteiger partial charge in [0, 0.05) is 30.5 Å². The van der Waals surface area contributed by atoms with Crippen LogP contribution in [0.2, 0.25) is 5.02 Å². The van der Waals surface area contributed by atoms with Crippen LogP contribution in [0.4, 0.5) is 5.82 Å².